The Hall–Kier alpha value is -1.48. The molecule has 0 saturated heterocycles. The second-order valence-electron chi connectivity index (χ2n) is 4.38. The Labute approximate surface area is 113 Å². The molecule has 2 N–H and O–H groups in total. The summed E-state index contributed by atoms with van der Waals surface area (Å²) in [4.78, 5) is 0. The van der Waals surface area contributed by atoms with Crippen LogP contribution in [0.3, 0.4) is 0 Å². The highest BCUT2D eigenvalue weighted by Gasteiger charge is 2.13. The number of halogens is 1. The molecule has 0 atom stereocenters. The Bertz CT molecular complexity index is 530. The lowest BCUT2D eigenvalue weighted by molar-refractivity contribution is 0.435. The Balaban J connectivity index is 2.39. The molecule has 0 aliphatic heterocycles. The largest absolute Gasteiger partial charge is 0.384 e. The van der Waals surface area contributed by atoms with Gasteiger partial charge in [0.25, 0.3) is 0 Å². The van der Waals surface area contributed by atoms with E-state index in [-0.39, 0.29) is 0 Å². The van der Waals surface area contributed by atoms with Gasteiger partial charge in [0.2, 0.25) is 0 Å². The predicted molar refractivity (Wildman–Crippen MR) is 76.7 cm³/mol. The fourth-order valence-electron chi connectivity index (χ4n) is 2.12. The third-order valence-electron chi connectivity index (χ3n) is 3.17. The number of benzene rings is 1. The summed E-state index contributed by atoms with van der Waals surface area (Å²) in [6.45, 7) is 4.29. The molecular formula is C14H18ClN3. The average molecular weight is 264 g/mol. The number of hydrogen-bond acceptors (Lipinski definition) is 2. The van der Waals surface area contributed by atoms with Crippen molar-refractivity contribution in [1.29, 1.82) is 0 Å². The molecule has 18 heavy (non-hydrogen) atoms. The molecular weight excluding hydrogens is 246 g/mol. The molecule has 2 aromatic rings. The number of nitrogens with two attached hydrogens (primary N) is 1. The molecule has 4 heteroatoms. The lowest BCUT2D eigenvalue weighted by Gasteiger charge is -2.14. The van der Waals surface area contributed by atoms with Crippen molar-refractivity contribution in [3.8, 4) is 11.3 Å². The molecule has 0 amide bonds. The number of anilines is 1. The normalized spacial score (nSPS) is 11.1. The molecule has 1 heterocycles. The Morgan fingerprint density at radius 2 is 2.00 bits per heavy atom. The zero-order valence-electron chi connectivity index (χ0n) is 10.7. The summed E-state index contributed by atoms with van der Waals surface area (Å²) in [6.07, 6.45) is 2.05. The van der Waals surface area contributed by atoms with E-state index in [0.29, 0.717) is 16.9 Å². The van der Waals surface area contributed by atoms with Gasteiger partial charge in [-0.05, 0) is 25.0 Å². The lowest BCUT2D eigenvalue weighted by atomic mass is 10.1. The first-order chi connectivity index (χ1) is 8.65. The summed E-state index contributed by atoms with van der Waals surface area (Å²) in [5, 5.41) is 5.31. The molecule has 2 rings (SSSR count). The minimum absolute atomic E-state index is 0.359. The molecule has 0 fully saturated rings. The highest BCUT2D eigenvalue weighted by atomic mass is 35.5. The van der Waals surface area contributed by atoms with Crippen LogP contribution in [-0.4, -0.2) is 9.78 Å². The van der Waals surface area contributed by atoms with Gasteiger partial charge in [0.15, 0.2) is 0 Å². The fraction of sp³-hybridized carbons (Fsp3) is 0.357. The molecule has 0 saturated carbocycles. The van der Waals surface area contributed by atoms with Gasteiger partial charge in [-0.25, -0.2) is 4.68 Å². The smallest absolute Gasteiger partial charge is 0.122 e. The SMILES string of the molecule is CCC(CC)n1nc(-c2cccc(Cl)c2)cc1N. The first kappa shape index (κ1) is 13.0. The molecule has 1 aromatic carbocycles. The molecule has 0 aliphatic rings. The van der Waals surface area contributed by atoms with Gasteiger partial charge in [0, 0.05) is 16.7 Å². The van der Waals surface area contributed by atoms with E-state index in [1.807, 2.05) is 35.0 Å². The van der Waals surface area contributed by atoms with E-state index in [4.69, 9.17) is 17.3 Å². The van der Waals surface area contributed by atoms with Crippen LogP contribution in [0.15, 0.2) is 30.3 Å². The minimum Gasteiger partial charge on any atom is -0.384 e. The number of aromatic nitrogens is 2. The third kappa shape index (κ3) is 2.51. The van der Waals surface area contributed by atoms with Gasteiger partial charge >= 0.3 is 0 Å². The zero-order chi connectivity index (χ0) is 13.1. The topological polar surface area (TPSA) is 43.8 Å². The van der Waals surface area contributed by atoms with Crippen LogP contribution in [0.25, 0.3) is 11.3 Å². The first-order valence-corrected chi connectivity index (χ1v) is 6.64. The van der Waals surface area contributed by atoms with E-state index in [2.05, 4.69) is 18.9 Å². The van der Waals surface area contributed by atoms with Crippen molar-refractivity contribution < 1.29 is 0 Å². The van der Waals surface area contributed by atoms with Crippen molar-refractivity contribution in [1.82, 2.24) is 9.78 Å². The first-order valence-electron chi connectivity index (χ1n) is 6.26. The van der Waals surface area contributed by atoms with Crippen LogP contribution in [-0.2, 0) is 0 Å². The van der Waals surface area contributed by atoms with E-state index < -0.39 is 0 Å². The summed E-state index contributed by atoms with van der Waals surface area (Å²) in [7, 11) is 0. The number of nitrogens with zero attached hydrogens (tertiary/aromatic N) is 2. The van der Waals surface area contributed by atoms with Crippen molar-refractivity contribution in [2.45, 2.75) is 32.7 Å². The third-order valence-corrected chi connectivity index (χ3v) is 3.41. The molecule has 96 valence electrons. The summed E-state index contributed by atoms with van der Waals surface area (Å²) in [5.41, 5.74) is 7.91. The van der Waals surface area contributed by atoms with E-state index >= 15 is 0 Å². The van der Waals surface area contributed by atoms with E-state index in [9.17, 15) is 0 Å². The molecule has 1 aromatic heterocycles. The molecule has 0 radical (unpaired) electrons. The highest BCUT2D eigenvalue weighted by molar-refractivity contribution is 6.30. The van der Waals surface area contributed by atoms with Gasteiger partial charge in [0.1, 0.15) is 5.82 Å². The van der Waals surface area contributed by atoms with Crippen LogP contribution in [0.1, 0.15) is 32.7 Å². The summed E-state index contributed by atoms with van der Waals surface area (Å²) >= 11 is 5.99. The van der Waals surface area contributed by atoms with Gasteiger partial charge in [-0.15, -0.1) is 0 Å². The van der Waals surface area contributed by atoms with Crippen molar-refractivity contribution in [2.75, 3.05) is 5.73 Å². The van der Waals surface area contributed by atoms with Crippen molar-refractivity contribution in [2.24, 2.45) is 0 Å². The summed E-state index contributed by atoms with van der Waals surface area (Å²) in [5.74, 6) is 0.707. The predicted octanol–water partition coefficient (Wildman–Crippen LogP) is 4.15. The van der Waals surface area contributed by atoms with Crippen LogP contribution in [0, 0.1) is 0 Å². The van der Waals surface area contributed by atoms with E-state index in [1.165, 1.54) is 0 Å². The van der Waals surface area contributed by atoms with Crippen LogP contribution in [0.5, 0.6) is 0 Å². The minimum atomic E-state index is 0.359. The quantitative estimate of drug-likeness (QED) is 0.901. The monoisotopic (exact) mass is 263 g/mol. The van der Waals surface area contributed by atoms with Crippen molar-refractivity contribution >= 4 is 17.4 Å². The maximum atomic E-state index is 6.04. The lowest BCUT2D eigenvalue weighted by Crippen LogP contribution is -2.11. The Morgan fingerprint density at radius 3 is 2.61 bits per heavy atom. The van der Waals surface area contributed by atoms with Gasteiger partial charge in [-0.1, -0.05) is 37.6 Å². The fourth-order valence-corrected chi connectivity index (χ4v) is 2.32. The second kappa shape index (κ2) is 5.44. The zero-order valence-corrected chi connectivity index (χ0v) is 11.5. The summed E-state index contributed by atoms with van der Waals surface area (Å²) < 4.78 is 1.91. The average Bonchev–Trinajstić information content (AvgIpc) is 2.74. The van der Waals surface area contributed by atoms with Gasteiger partial charge in [-0.3, -0.25) is 0 Å². The van der Waals surface area contributed by atoms with Crippen LogP contribution >= 0.6 is 11.6 Å². The molecule has 0 unspecified atom stereocenters. The van der Waals surface area contributed by atoms with E-state index in [0.717, 1.165) is 24.1 Å². The van der Waals surface area contributed by atoms with Crippen LogP contribution in [0.2, 0.25) is 5.02 Å². The van der Waals surface area contributed by atoms with Gasteiger partial charge < -0.3 is 5.73 Å². The highest BCUT2D eigenvalue weighted by Crippen LogP contribution is 2.26. The van der Waals surface area contributed by atoms with Crippen LogP contribution < -0.4 is 5.73 Å². The molecule has 3 nitrogen and oxygen atoms in total. The molecule has 0 spiro atoms. The number of hydrogen-bond donors (Lipinski definition) is 1. The molecule has 0 bridgehead atoms. The maximum Gasteiger partial charge on any atom is 0.122 e. The second-order valence-corrected chi connectivity index (χ2v) is 4.82. The van der Waals surface area contributed by atoms with Gasteiger partial charge in [-0.2, -0.15) is 5.10 Å². The summed E-state index contributed by atoms with van der Waals surface area (Å²) in [6, 6.07) is 9.93. The standard InChI is InChI=1S/C14H18ClN3/c1-3-12(4-2)18-14(16)9-13(17-18)10-6-5-7-11(15)8-10/h5-9,12H,3-4,16H2,1-2H3. The van der Waals surface area contributed by atoms with Crippen molar-refractivity contribution in [3.63, 3.8) is 0 Å². The van der Waals surface area contributed by atoms with Gasteiger partial charge in [0.05, 0.1) is 11.7 Å². The Morgan fingerprint density at radius 1 is 1.28 bits per heavy atom. The van der Waals surface area contributed by atoms with Crippen molar-refractivity contribution in [3.05, 3.63) is 35.4 Å². The van der Waals surface area contributed by atoms with E-state index in [1.54, 1.807) is 0 Å². The maximum absolute atomic E-state index is 6.04. The van der Waals surface area contributed by atoms with Crippen LogP contribution in [0.4, 0.5) is 5.82 Å². The number of rotatable bonds is 4. The number of nitrogen functional groups attached to an aromatic ring is 1. The Kier molecular flexibility index (Phi) is 3.92. The molecule has 0 aliphatic carbocycles.